The van der Waals surface area contributed by atoms with Crippen LogP contribution < -0.4 is 10.5 Å². The smallest absolute Gasteiger partial charge is 0.418 e. The van der Waals surface area contributed by atoms with Gasteiger partial charge in [0.1, 0.15) is 11.1 Å². The van der Waals surface area contributed by atoms with Gasteiger partial charge in [-0.25, -0.2) is 4.79 Å². The van der Waals surface area contributed by atoms with Gasteiger partial charge >= 0.3 is 17.3 Å². The number of nitrogens with zero attached hydrogens (tertiary/aromatic N) is 2. The molecule has 0 radical (unpaired) electrons. The molecular formula is C16H19N2O6+. The summed E-state index contributed by atoms with van der Waals surface area (Å²) >= 11 is 0. The molecule has 1 aromatic carbocycles. The molecule has 0 bridgehead atoms. The number of hydrogen-bond donors (Lipinski definition) is 0. The number of benzene rings is 1. The van der Waals surface area contributed by atoms with E-state index in [4.69, 9.17) is 9.15 Å². The highest BCUT2D eigenvalue weighted by Crippen LogP contribution is 2.29. The Balaban J connectivity index is 2.68. The van der Waals surface area contributed by atoms with Gasteiger partial charge in [-0.15, -0.1) is 0 Å². The average molecular weight is 335 g/mol. The number of anilines is 1. The van der Waals surface area contributed by atoms with E-state index in [1.54, 1.807) is 18.2 Å². The highest BCUT2D eigenvalue weighted by Gasteiger charge is 2.27. The molecule has 128 valence electrons. The van der Waals surface area contributed by atoms with Gasteiger partial charge in [-0.05, 0) is 26.0 Å². The van der Waals surface area contributed by atoms with Crippen LogP contribution in [0.5, 0.6) is 0 Å². The van der Waals surface area contributed by atoms with Crippen molar-refractivity contribution in [3.63, 3.8) is 0 Å². The first kappa shape index (κ1) is 17.5. The van der Waals surface area contributed by atoms with E-state index in [2.05, 4.69) is 4.90 Å². The molecule has 0 saturated carbocycles. The van der Waals surface area contributed by atoms with Crippen molar-refractivity contribution in [2.24, 2.45) is 0 Å². The van der Waals surface area contributed by atoms with E-state index >= 15 is 0 Å². The fourth-order valence-corrected chi connectivity index (χ4v) is 2.54. The summed E-state index contributed by atoms with van der Waals surface area (Å²) in [6.45, 7) is 6.54. The minimum Gasteiger partial charge on any atom is -0.418 e. The van der Waals surface area contributed by atoms with E-state index in [-0.39, 0.29) is 23.7 Å². The van der Waals surface area contributed by atoms with Crippen molar-refractivity contribution in [1.29, 1.82) is 0 Å². The van der Waals surface area contributed by atoms with E-state index in [1.165, 1.54) is 6.92 Å². The van der Waals surface area contributed by atoms with Gasteiger partial charge in [0.25, 0.3) is 0 Å². The van der Waals surface area contributed by atoms with Crippen molar-refractivity contribution >= 4 is 28.3 Å². The Morgan fingerprint density at radius 3 is 2.58 bits per heavy atom. The standard InChI is InChI=1S/C16H18N2O6/c1-4-17(5-2)11-6-7-12-13(9-23-10(3)19)15(18(21)22)16(20)24-14(12)8-11/h6-8H,4-5,9H2,1-3H3/p+1. The number of ether oxygens (including phenoxy) is 1. The first-order chi connectivity index (χ1) is 11.4. The van der Waals surface area contributed by atoms with Crippen LogP contribution in [-0.4, -0.2) is 28.8 Å². The SMILES string of the molecule is CCN(CC)c1ccc2c(COC(C)=[OH+])c([N+](=O)[O-])c(=O)oc2c1. The monoisotopic (exact) mass is 335 g/mol. The first-order valence-corrected chi connectivity index (χ1v) is 7.53. The second-order valence-electron chi connectivity index (χ2n) is 5.13. The number of fused-ring (bicyclic) bond motifs is 1. The molecule has 0 atom stereocenters. The van der Waals surface area contributed by atoms with Crippen molar-refractivity contribution in [1.82, 2.24) is 0 Å². The Hall–Kier alpha value is -2.90. The lowest BCUT2D eigenvalue weighted by atomic mass is 10.1. The number of nitro groups is 1. The third-order valence-corrected chi connectivity index (χ3v) is 3.71. The Bertz CT molecular complexity index is 838. The largest absolute Gasteiger partial charge is 0.479 e. The van der Waals surface area contributed by atoms with Crippen molar-refractivity contribution in [3.05, 3.63) is 44.3 Å². The van der Waals surface area contributed by atoms with Crippen LogP contribution in [0, 0.1) is 10.1 Å². The van der Waals surface area contributed by atoms with Gasteiger partial charge in [-0.3, -0.25) is 10.1 Å². The molecule has 0 aliphatic carbocycles. The van der Waals surface area contributed by atoms with E-state index in [0.29, 0.717) is 5.39 Å². The summed E-state index contributed by atoms with van der Waals surface area (Å²) in [6, 6.07) is 5.13. The molecule has 0 aliphatic heterocycles. The molecule has 0 spiro atoms. The van der Waals surface area contributed by atoms with Crippen LogP contribution in [0.15, 0.2) is 27.4 Å². The zero-order valence-electron chi connectivity index (χ0n) is 13.7. The summed E-state index contributed by atoms with van der Waals surface area (Å²) in [5.41, 5.74) is -0.561. The fraction of sp³-hybridized carbons (Fsp3) is 0.375. The van der Waals surface area contributed by atoms with Crippen LogP contribution in [-0.2, 0) is 11.3 Å². The Kier molecular flexibility index (Phi) is 5.18. The van der Waals surface area contributed by atoms with Gasteiger partial charge in [0.2, 0.25) is 6.61 Å². The second-order valence-corrected chi connectivity index (χ2v) is 5.13. The third kappa shape index (κ3) is 3.37. The molecular weight excluding hydrogens is 316 g/mol. The molecule has 0 amide bonds. The summed E-state index contributed by atoms with van der Waals surface area (Å²) in [7, 11) is 0. The fourth-order valence-electron chi connectivity index (χ4n) is 2.54. The van der Waals surface area contributed by atoms with Crippen LogP contribution in [0.25, 0.3) is 11.0 Å². The quantitative estimate of drug-likeness (QED) is 0.264. The number of rotatable bonds is 6. The highest BCUT2D eigenvalue weighted by atomic mass is 16.6. The number of esters is 1. The minimum absolute atomic E-state index is 0.0748. The van der Waals surface area contributed by atoms with Crippen molar-refractivity contribution in [2.75, 3.05) is 18.0 Å². The molecule has 0 saturated heterocycles. The van der Waals surface area contributed by atoms with E-state index < -0.39 is 16.2 Å². The third-order valence-electron chi connectivity index (χ3n) is 3.71. The number of hydrogen-bond acceptors (Lipinski definition) is 6. The summed E-state index contributed by atoms with van der Waals surface area (Å²) in [5, 5.41) is 11.6. The maximum Gasteiger partial charge on any atom is 0.479 e. The Morgan fingerprint density at radius 1 is 1.38 bits per heavy atom. The zero-order chi connectivity index (χ0) is 17.9. The molecule has 2 rings (SSSR count). The van der Waals surface area contributed by atoms with E-state index in [0.717, 1.165) is 18.8 Å². The Morgan fingerprint density at radius 2 is 2.04 bits per heavy atom. The molecule has 0 unspecified atom stereocenters. The molecule has 8 nitrogen and oxygen atoms in total. The van der Waals surface area contributed by atoms with Gasteiger partial charge in [0.05, 0.1) is 11.8 Å². The zero-order valence-corrected chi connectivity index (χ0v) is 13.7. The normalized spacial score (nSPS) is 10.6. The lowest BCUT2D eigenvalue weighted by Crippen LogP contribution is -2.21. The predicted molar refractivity (Wildman–Crippen MR) is 90.1 cm³/mol. The van der Waals surface area contributed by atoms with Crippen LogP contribution in [0.4, 0.5) is 11.4 Å². The lowest BCUT2D eigenvalue weighted by Gasteiger charge is -2.21. The van der Waals surface area contributed by atoms with Gasteiger partial charge in [-0.1, -0.05) is 0 Å². The number of carbonyl (C=O) groups excluding carboxylic acids is 1. The summed E-state index contributed by atoms with van der Waals surface area (Å²) in [5.74, 6) is -0.342. The van der Waals surface area contributed by atoms with E-state index in [9.17, 15) is 19.7 Å². The highest BCUT2D eigenvalue weighted by molar-refractivity contribution is 5.86. The summed E-state index contributed by atoms with van der Waals surface area (Å²) in [6.07, 6.45) is 0. The minimum atomic E-state index is -1.04. The molecule has 2 aromatic rings. The van der Waals surface area contributed by atoms with Gasteiger partial charge in [0.15, 0.2) is 0 Å². The maximum atomic E-state index is 12.0. The van der Waals surface area contributed by atoms with Gasteiger partial charge in [0, 0.05) is 30.2 Å². The molecule has 8 heteroatoms. The topological polar surface area (TPSA) is 107 Å². The molecule has 0 aliphatic rings. The first-order valence-electron chi connectivity index (χ1n) is 7.53. The molecule has 24 heavy (non-hydrogen) atoms. The van der Waals surface area contributed by atoms with Crippen LogP contribution in [0.1, 0.15) is 26.3 Å². The van der Waals surface area contributed by atoms with E-state index in [1.807, 2.05) is 13.8 Å². The van der Waals surface area contributed by atoms with Gasteiger partial charge < -0.3 is 18.8 Å². The molecule has 1 heterocycles. The molecule has 0 fully saturated rings. The lowest BCUT2D eigenvalue weighted by molar-refractivity contribution is -0.388. The maximum absolute atomic E-state index is 12.0. The predicted octanol–water partition coefficient (Wildman–Crippen LogP) is 2.59. The Labute approximate surface area is 137 Å². The summed E-state index contributed by atoms with van der Waals surface area (Å²) < 4.78 is 10.1. The van der Waals surface area contributed by atoms with Crippen LogP contribution >= 0.6 is 0 Å². The van der Waals surface area contributed by atoms with Crippen molar-refractivity contribution in [3.8, 4) is 0 Å². The van der Waals surface area contributed by atoms with Gasteiger partial charge in [-0.2, -0.15) is 0 Å². The van der Waals surface area contributed by atoms with Crippen LogP contribution in [0.3, 0.4) is 0 Å². The van der Waals surface area contributed by atoms with Crippen molar-refractivity contribution in [2.45, 2.75) is 27.4 Å². The second kappa shape index (κ2) is 7.12. The molecule has 1 N–H and O–H groups in total. The van der Waals surface area contributed by atoms with Crippen molar-refractivity contribution < 1.29 is 18.9 Å². The summed E-state index contributed by atoms with van der Waals surface area (Å²) in [4.78, 5) is 33.7. The van der Waals surface area contributed by atoms with Crippen LogP contribution in [0.2, 0.25) is 0 Å². The molecule has 1 aromatic heterocycles. The average Bonchev–Trinajstić information content (AvgIpc) is 2.52.